The van der Waals surface area contributed by atoms with E-state index in [1.54, 1.807) is 8.85 Å². The molecule has 0 radical (unpaired) electrons. The third-order valence-electron chi connectivity index (χ3n) is 5.76. The fourth-order valence-corrected chi connectivity index (χ4v) is 8.47. The van der Waals surface area contributed by atoms with E-state index in [0.29, 0.717) is 3.63 Å². The number of rotatable bonds is 3. The zero-order chi connectivity index (χ0) is 17.7. The second-order valence-corrected chi connectivity index (χ2v) is 10.8. The first-order valence-corrected chi connectivity index (χ1v) is 11.9. The number of fused-ring (bicyclic) bond motifs is 2. The van der Waals surface area contributed by atoms with Gasteiger partial charge in [-0.25, -0.2) is 0 Å². The summed E-state index contributed by atoms with van der Waals surface area (Å²) in [6, 6.07) is 20.0. The van der Waals surface area contributed by atoms with Gasteiger partial charge in [-0.05, 0) is 0 Å². The number of allylic oxidation sites excluding steroid dienone is 5. The van der Waals surface area contributed by atoms with E-state index in [2.05, 4.69) is 91.4 Å². The largest absolute Gasteiger partial charge is 1.00 e. The molecule has 0 spiro atoms. The van der Waals surface area contributed by atoms with Crippen LogP contribution in [0.5, 0.6) is 0 Å². The Bertz CT molecular complexity index is 1120. The Morgan fingerprint density at radius 1 is 0.929 bits per heavy atom. The van der Waals surface area contributed by atoms with Gasteiger partial charge < -0.3 is 24.8 Å². The first-order chi connectivity index (χ1) is 12.7. The molecule has 0 N–H and O–H groups in total. The Morgan fingerprint density at radius 3 is 2.46 bits per heavy atom. The number of hydrogen-bond donors (Lipinski definition) is 0. The summed E-state index contributed by atoms with van der Waals surface area (Å²) < 4.78 is 4.79. The van der Waals surface area contributed by atoms with Gasteiger partial charge in [0.1, 0.15) is 0 Å². The van der Waals surface area contributed by atoms with Crippen LogP contribution in [0.4, 0.5) is 0 Å². The smallest absolute Gasteiger partial charge is 1.00 e. The maximum absolute atomic E-state index is 2.44. The van der Waals surface area contributed by atoms with Gasteiger partial charge in [0.05, 0.1) is 0 Å². The van der Waals surface area contributed by atoms with E-state index in [4.69, 9.17) is 0 Å². The van der Waals surface area contributed by atoms with Crippen molar-refractivity contribution in [3.05, 3.63) is 92.4 Å². The van der Waals surface area contributed by atoms with Gasteiger partial charge in [-0.1, -0.05) is 0 Å². The van der Waals surface area contributed by atoms with Crippen molar-refractivity contribution >= 4 is 22.7 Å². The average molecular weight is 486 g/mol. The van der Waals surface area contributed by atoms with E-state index >= 15 is 0 Å². The Labute approximate surface area is 190 Å². The summed E-state index contributed by atoms with van der Waals surface area (Å²) in [5.74, 6) is 0. The topological polar surface area (TPSA) is 4.93 Å². The molecule has 1 heterocycles. The Hall–Kier alpha value is -1.34. The van der Waals surface area contributed by atoms with Gasteiger partial charge in [-0.15, -0.1) is 0 Å². The third-order valence-corrected chi connectivity index (χ3v) is 10.2. The summed E-state index contributed by atoms with van der Waals surface area (Å²) in [6.45, 7) is 4.59. The molecule has 0 saturated carbocycles. The third kappa shape index (κ3) is 3.52. The molecule has 1 unspecified atom stereocenters. The quantitative estimate of drug-likeness (QED) is 0.507. The predicted octanol–water partition coefficient (Wildman–Crippen LogP) is 0.409. The number of nitrogens with zero attached hydrogens (tertiary/aromatic N) is 1. The van der Waals surface area contributed by atoms with E-state index in [0.717, 1.165) is 0 Å². The number of para-hydroxylation sites is 1. The van der Waals surface area contributed by atoms with Crippen molar-refractivity contribution in [1.82, 2.24) is 4.57 Å². The fraction of sp³-hybridized carbons (Fsp3) is 0.167. The summed E-state index contributed by atoms with van der Waals surface area (Å²) in [4.78, 5) is 0. The molecule has 140 valence electrons. The van der Waals surface area contributed by atoms with Crippen molar-refractivity contribution in [3.8, 4) is 0 Å². The van der Waals surface area contributed by atoms with E-state index < -0.39 is 23.2 Å². The summed E-state index contributed by atoms with van der Waals surface area (Å²) >= 11 is -0.763. The first kappa shape index (κ1) is 21.4. The summed E-state index contributed by atoms with van der Waals surface area (Å²) in [5.41, 5.74) is 8.80. The van der Waals surface area contributed by atoms with Gasteiger partial charge in [0.2, 0.25) is 0 Å². The maximum Gasteiger partial charge on any atom is -1.00 e. The predicted molar refractivity (Wildman–Crippen MR) is 106 cm³/mol. The molecule has 0 bridgehead atoms. The molecule has 28 heavy (non-hydrogen) atoms. The molecule has 3 aromatic rings. The van der Waals surface area contributed by atoms with E-state index in [-0.39, 0.29) is 24.8 Å². The van der Waals surface area contributed by atoms with Crippen molar-refractivity contribution in [1.29, 1.82) is 0 Å². The van der Waals surface area contributed by atoms with Crippen LogP contribution in [-0.2, 0) is 23.2 Å². The molecule has 0 saturated heterocycles. The monoisotopic (exact) mass is 483 g/mol. The molecule has 2 aromatic carbocycles. The normalized spacial score (nSPS) is 17.4. The van der Waals surface area contributed by atoms with Crippen LogP contribution in [0.15, 0.2) is 81.3 Å². The van der Waals surface area contributed by atoms with Gasteiger partial charge in [0.25, 0.3) is 0 Å². The molecule has 5 rings (SSSR count). The fourth-order valence-electron chi connectivity index (χ4n) is 4.12. The minimum Gasteiger partial charge on any atom is -1.00 e. The second kappa shape index (κ2) is 8.58. The van der Waals surface area contributed by atoms with Crippen molar-refractivity contribution in [3.63, 3.8) is 0 Å². The summed E-state index contributed by atoms with van der Waals surface area (Å²) in [7, 11) is 0. The van der Waals surface area contributed by atoms with E-state index in [1.165, 1.54) is 39.7 Å². The summed E-state index contributed by atoms with van der Waals surface area (Å²) in [5, 5.41) is 1.32. The molecule has 1 atom stereocenters. The van der Waals surface area contributed by atoms with Crippen molar-refractivity contribution in [2.24, 2.45) is 0 Å². The van der Waals surface area contributed by atoms with E-state index in [1.807, 2.05) is 0 Å². The van der Waals surface area contributed by atoms with Crippen LogP contribution >= 0.6 is 0 Å². The first-order valence-electron chi connectivity index (χ1n) is 9.23. The SMILES string of the molecule is CC1=CC[C]([Zr+2][CH]2C(n3ccc4ccccc43)=Cc3ccccc32)=C1C.[Cl-].[Cl-]. The van der Waals surface area contributed by atoms with Crippen LogP contribution < -0.4 is 24.8 Å². The Kier molecular flexibility index (Phi) is 6.55. The molecule has 1 aromatic heterocycles. The van der Waals surface area contributed by atoms with Crippen LogP contribution in [0, 0.1) is 0 Å². The molecule has 0 fully saturated rings. The minimum absolute atomic E-state index is 0. The Balaban J connectivity index is 0.00000112. The van der Waals surface area contributed by atoms with Gasteiger partial charge in [0.15, 0.2) is 0 Å². The van der Waals surface area contributed by atoms with Crippen LogP contribution in [0.2, 0.25) is 0 Å². The van der Waals surface area contributed by atoms with Crippen LogP contribution in [0.3, 0.4) is 0 Å². The van der Waals surface area contributed by atoms with Gasteiger partial charge in [0, 0.05) is 0 Å². The van der Waals surface area contributed by atoms with Crippen LogP contribution in [0.25, 0.3) is 22.7 Å². The van der Waals surface area contributed by atoms with Crippen molar-refractivity contribution in [2.45, 2.75) is 23.9 Å². The number of aromatic nitrogens is 1. The maximum atomic E-state index is 2.44. The standard InChI is InChI=1S/C17H12N.C7H9.2ClH.Zr/c1-2-7-15-12-16(11-14(15)6-1)18-10-9-13-5-3-4-8-17(13)18;1-6-4-3-5-7(6)2;;;/h1-12H;4H,3H2,1-2H3;2*1H;/q;;;;+2/p-2. The van der Waals surface area contributed by atoms with Crippen molar-refractivity contribution < 1.29 is 48.0 Å². The molecule has 0 amide bonds. The van der Waals surface area contributed by atoms with Crippen LogP contribution in [-0.4, -0.2) is 4.57 Å². The molecule has 4 heteroatoms. The molecular formula is C24H21Cl2NZr. The molecule has 0 aliphatic heterocycles. The molecule has 1 nitrogen and oxygen atoms in total. The second-order valence-electron chi connectivity index (χ2n) is 7.21. The van der Waals surface area contributed by atoms with Crippen LogP contribution in [0.1, 0.15) is 35.0 Å². The Morgan fingerprint density at radius 2 is 1.68 bits per heavy atom. The zero-order valence-corrected chi connectivity index (χ0v) is 19.9. The molecule has 2 aliphatic carbocycles. The molecular weight excluding hydrogens is 464 g/mol. The number of benzene rings is 2. The minimum atomic E-state index is -0.763. The molecule has 2 aliphatic rings. The average Bonchev–Trinajstić information content (AvgIpc) is 3.34. The number of hydrogen-bond acceptors (Lipinski definition) is 0. The van der Waals surface area contributed by atoms with Crippen molar-refractivity contribution in [2.75, 3.05) is 0 Å². The zero-order valence-electron chi connectivity index (χ0n) is 15.9. The van der Waals surface area contributed by atoms with Gasteiger partial charge in [-0.3, -0.25) is 0 Å². The van der Waals surface area contributed by atoms with E-state index in [9.17, 15) is 0 Å². The van der Waals surface area contributed by atoms with Gasteiger partial charge in [-0.2, -0.15) is 0 Å². The summed E-state index contributed by atoms with van der Waals surface area (Å²) in [6.07, 6.45) is 8.29. The van der Waals surface area contributed by atoms with Gasteiger partial charge >= 0.3 is 167 Å². The number of halogens is 2.